The molecule has 4 heteroatoms. The van der Waals surface area contributed by atoms with Crippen LogP contribution in [0.1, 0.15) is 50.7 Å². The molecule has 0 N–H and O–H groups in total. The van der Waals surface area contributed by atoms with Gasteiger partial charge in [0.2, 0.25) is 5.79 Å². The molecule has 19 heavy (non-hydrogen) atoms. The van der Waals surface area contributed by atoms with Crippen molar-refractivity contribution in [3.05, 3.63) is 28.8 Å². The van der Waals surface area contributed by atoms with Crippen LogP contribution in [-0.4, -0.2) is 11.6 Å². The molecular formula is C15H17ClO3. The number of Topliss-reactive ketones (excluding diaryl/α,β-unsaturated/α-hetero) is 1. The number of hydrogen-bond donors (Lipinski definition) is 0. The van der Waals surface area contributed by atoms with E-state index in [1.54, 1.807) is 13.0 Å². The number of para-hydroxylation sites is 1. The summed E-state index contributed by atoms with van der Waals surface area (Å²) in [5.74, 6) is -0.0404. The van der Waals surface area contributed by atoms with Crippen molar-refractivity contribution in [3.8, 4) is 5.75 Å². The molecule has 102 valence electrons. The molecule has 1 spiro atoms. The molecule has 1 aliphatic heterocycles. The first-order chi connectivity index (χ1) is 9.11. The normalized spacial score (nSPS) is 24.6. The first-order valence-electron chi connectivity index (χ1n) is 6.77. The molecule has 1 atom stereocenters. The fraction of sp³-hybridized carbons (Fsp3) is 0.533. The summed E-state index contributed by atoms with van der Waals surface area (Å²) in [4.78, 5) is 11.9. The van der Waals surface area contributed by atoms with Gasteiger partial charge in [0, 0.05) is 18.4 Å². The highest BCUT2D eigenvalue weighted by Gasteiger charge is 2.44. The molecule has 0 aromatic heterocycles. The fourth-order valence-corrected chi connectivity index (χ4v) is 3.16. The topological polar surface area (TPSA) is 35.5 Å². The van der Waals surface area contributed by atoms with Crippen molar-refractivity contribution in [3.63, 3.8) is 0 Å². The summed E-state index contributed by atoms with van der Waals surface area (Å²) >= 11 is 6.22. The standard InChI is InChI=1S/C15H17ClO3/c1-10(17)13-11-6-5-7-12(16)14(11)19-15(18-13)8-3-2-4-9-15/h5-7,13H,2-4,8-9H2,1H3. The number of ether oxygens (including phenoxy) is 2. The molecule has 0 saturated heterocycles. The molecule has 0 bridgehead atoms. The molecule has 3 nitrogen and oxygen atoms in total. The van der Waals surface area contributed by atoms with Gasteiger partial charge in [-0.25, -0.2) is 0 Å². The van der Waals surface area contributed by atoms with E-state index in [2.05, 4.69) is 0 Å². The van der Waals surface area contributed by atoms with Crippen LogP contribution in [0.15, 0.2) is 18.2 Å². The van der Waals surface area contributed by atoms with E-state index >= 15 is 0 Å². The Kier molecular flexibility index (Phi) is 3.27. The second-order valence-electron chi connectivity index (χ2n) is 5.34. The lowest BCUT2D eigenvalue weighted by molar-refractivity contribution is -0.240. The third kappa shape index (κ3) is 2.26. The number of carbonyl (C=O) groups is 1. The van der Waals surface area contributed by atoms with Crippen LogP contribution in [0.25, 0.3) is 0 Å². The molecule has 1 unspecified atom stereocenters. The maximum atomic E-state index is 11.9. The highest BCUT2D eigenvalue weighted by molar-refractivity contribution is 6.32. The van der Waals surface area contributed by atoms with Crippen LogP contribution >= 0.6 is 11.6 Å². The maximum absolute atomic E-state index is 11.9. The highest BCUT2D eigenvalue weighted by Crippen LogP contribution is 2.47. The van der Waals surface area contributed by atoms with Gasteiger partial charge >= 0.3 is 0 Å². The average Bonchev–Trinajstić information content (AvgIpc) is 2.40. The Labute approximate surface area is 117 Å². The third-order valence-corrected chi connectivity index (χ3v) is 4.18. The van der Waals surface area contributed by atoms with E-state index < -0.39 is 11.9 Å². The minimum absolute atomic E-state index is 0.00300. The molecule has 1 aromatic rings. The Balaban J connectivity index is 2.04. The summed E-state index contributed by atoms with van der Waals surface area (Å²) in [6, 6.07) is 5.46. The zero-order valence-corrected chi connectivity index (χ0v) is 11.7. The van der Waals surface area contributed by atoms with E-state index in [0.29, 0.717) is 10.8 Å². The number of hydrogen-bond acceptors (Lipinski definition) is 3. The SMILES string of the molecule is CC(=O)C1OC2(CCCCC2)Oc2c(Cl)cccc21. The summed E-state index contributed by atoms with van der Waals surface area (Å²) in [6.07, 6.45) is 4.40. The van der Waals surface area contributed by atoms with E-state index in [1.807, 2.05) is 12.1 Å². The summed E-state index contributed by atoms with van der Waals surface area (Å²) in [5.41, 5.74) is 0.746. The maximum Gasteiger partial charge on any atom is 0.211 e. The Morgan fingerprint density at radius 1 is 1.32 bits per heavy atom. The van der Waals surface area contributed by atoms with E-state index in [4.69, 9.17) is 21.1 Å². The van der Waals surface area contributed by atoms with Gasteiger partial charge in [-0.05, 0) is 25.8 Å². The molecule has 1 aromatic carbocycles. The van der Waals surface area contributed by atoms with Crippen molar-refractivity contribution in [2.24, 2.45) is 0 Å². The lowest BCUT2D eigenvalue weighted by atomic mass is 9.91. The van der Waals surface area contributed by atoms with Crippen molar-refractivity contribution in [1.82, 2.24) is 0 Å². The van der Waals surface area contributed by atoms with Crippen LogP contribution in [0.5, 0.6) is 5.75 Å². The lowest BCUT2D eigenvalue weighted by Crippen LogP contribution is -2.46. The van der Waals surface area contributed by atoms with Crippen LogP contribution in [0.4, 0.5) is 0 Å². The van der Waals surface area contributed by atoms with Gasteiger partial charge in [0.05, 0.1) is 5.02 Å². The second-order valence-corrected chi connectivity index (χ2v) is 5.75. The lowest BCUT2D eigenvalue weighted by Gasteiger charge is -2.43. The van der Waals surface area contributed by atoms with Crippen molar-refractivity contribution in [2.45, 2.75) is 50.9 Å². The smallest absolute Gasteiger partial charge is 0.211 e. The predicted molar refractivity (Wildman–Crippen MR) is 72.4 cm³/mol. The first-order valence-corrected chi connectivity index (χ1v) is 7.15. The van der Waals surface area contributed by atoms with Crippen LogP contribution in [0, 0.1) is 0 Å². The number of benzene rings is 1. The van der Waals surface area contributed by atoms with E-state index in [0.717, 1.165) is 31.2 Å². The summed E-state index contributed by atoms with van der Waals surface area (Å²) in [7, 11) is 0. The van der Waals surface area contributed by atoms with Gasteiger partial charge in [0.15, 0.2) is 5.78 Å². The van der Waals surface area contributed by atoms with Gasteiger partial charge in [-0.15, -0.1) is 0 Å². The molecule has 0 radical (unpaired) electrons. The number of carbonyl (C=O) groups excluding carboxylic acids is 1. The van der Waals surface area contributed by atoms with Gasteiger partial charge in [0.25, 0.3) is 0 Å². The second kappa shape index (κ2) is 4.80. The van der Waals surface area contributed by atoms with Crippen LogP contribution in [0.2, 0.25) is 5.02 Å². The molecule has 2 aliphatic rings. The van der Waals surface area contributed by atoms with Crippen molar-refractivity contribution < 1.29 is 14.3 Å². The molecule has 1 saturated carbocycles. The molecule has 1 heterocycles. The van der Waals surface area contributed by atoms with E-state index in [-0.39, 0.29) is 5.78 Å². The molecular weight excluding hydrogens is 264 g/mol. The molecule has 3 rings (SSSR count). The Morgan fingerprint density at radius 3 is 2.74 bits per heavy atom. The largest absolute Gasteiger partial charge is 0.460 e. The monoisotopic (exact) mass is 280 g/mol. The van der Waals surface area contributed by atoms with Gasteiger partial charge in [-0.3, -0.25) is 4.79 Å². The minimum atomic E-state index is -0.660. The Hall–Kier alpha value is -1.06. The predicted octanol–water partition coefficient (Wildman–Crippen LogP) is 4.04. The zero-order chi connectivity index (χ0) is 13.5. The third-order valence-electron chi connectivity index (χ3n) is 3.89. The fourth-order valence-electron chi connectivity index (χ4n) is 2.94. The van der Waals surface area contributed by atoms with Crippen LogP contribution in [-0.2, 0) is 9.53 Å². The van der Waals surface area contributed by atoms with Crippen molar-refractivity contribution >= 4 is 17.4 Å². The Morgan fingerprint density at radius 2 is 2.05 bits per heavy atom. The number of ketones is 1. The zero-order valence-electron chi connectivity index (χ0n) is 10.9. The van der Waals surface area contributed by atoms with Crippen molar-refractivity contribution in [1.29, 1.82) is 0 Å². The Bertz CT molecular complexity index is 506. The van der Waals surface area contributed by atoms with Crippen molar-refractivity contribution in [2.75, 3.05) is 0 Å². The number of halogens is 1. The molecule has 1 fully saturated rings. The number of fused-ring (bicyclic) bond motifs is 1. The molecule has 0 amide bonds. The minimum Gasteiger partial charge on any atom is -0.460 e. The van der Waals surface area contributed by atoms with Crippen LogP contribution in [0.3, 0.4) is 0 Å². The quantitative estimate of drug-likeness (QED) is 0.779. The van der Waals surface area contributed by atoms with Crippen LogP contribution < -0.4 is 4.74 Å². The first kappa shape index (κ1) is 12.9. The average molecular weight is 281 g/mol. The molecule has 1 aliphatic carbocycles. The summed E-state index contributed by atoms with van der Waals surface area (Å²) in [6.45, 7) is 1.55. The van der Waals surface area contributed by atoms with Gasteiger partial charge < -0.3 is 9.47 Å². The van der Waals surface area contributed by atoms with Gasteiger partial charge in [-0.2, -0.15) is 0 Å². The summed E-state index contributed by atoms with van der Waals surface area (Å²) < 4.78 is 12.1. The number of rotatable bonds is 1. The van der Waals surface area contributed by atoms with E-state index in [1.165, 1.54) is 6.42 Å². The highest BCUT2D eigenvalue weighted by atomic mass is 35.5. The van der Waals surface area contributed by atoms with E-state index in [9.17, 15) is 4.79 Å². The van der Waals surface area contributed by atoms with Gasteiger partial charge in [0.1, 0.15) is 11.9 Å². The van der Waals surface area contributed by atoms with Gasteiger partial charge in [-0.1, -0.05) is 30.2 Å². The summed E-state index contributed by atoms with van der Waals surface area (Å²) in [5, 5.41) is 0.553.